The minimum absolute atomic E-state index is 0.0772. The van der Waals surface area contributed by atoms with Crippen LogP contribution in [-0.4, -0.2) is 32.7 Å². The number of nitrogens with zero attached hydrogens (tertiary/aromatic N) is 1. The first kappa shape index (κ1) is 8.63. The van der Waals surface area contributed by atoms with Gasteiger partial charge in [-0.3, -0.25) is 4.79 Å². The summed E-state index contributed by atoms with van der Waals surface area (Å²) < 4.78 is 0. The lowest BCUT2D eigenvalue weighted by Gasteiger charge is -2.10. The molecule has 0 aromatic heterocycles. The monoisotopic (exact) mass is 169 g/mol. The molecule has 0 spiro atoms. The lowest BCUT2D eigenvalue weighted by molar-refractivity contribution is -0.159. The van der Waals surface area contributed by atoms with E-state index in [1.54, 1.807) is 0 Å². The number of aliphatic hydroxyl groups is 2. The van der Waals surface area contributed by atoms with E-state index in [4.69, 9.17) is 15.4 Å². The minimum Gasteiger partial charge on any atom is -0.410 e. The van der Waals surface area contributed by atoms with Crippen LogP contribution in [0.2, 0.25) is 0 Å². The highest BCUT2D eigenvalue weighted by Crippen LogP contribution is 2.08. The van der Waals surface area contributed by atoms with Gasteiger partial charge in [-0.2, -0.15) is 0 Å². The normalized spacial score (nSPS) is 24.5. The third-order valence-corrected chi connectivity index (χ3v) is 1.37. The first-order valence-corrected chi connectivity index (χ1v) is 3.15. The Labute approximate surface area is 67.9 Å². The molecule has 5 nitrogen and oxygen atoms in total. The van der Waals surface area contributed by atoms with Crippen molar-refractivity contribution in [2.75, 3.05) is 0 Å². The van der Waals surface area contributed by atoms with Crippen LogP contribution >= 0.6 is 0 Å². The standard InChI is InChI=1S/C7H7NO4/c9-6-2-1-5(8-12)3-4-7(6,10)11/h1-4,10-12H/b8-5-. The van der Waals surface area contributed by atoms with Crippen LogP contribution in [0.4, 0.5) is 0 Å². The van der Waals surface area contributed by atoms with Crippen LogP contribution < -0.4 is 0 Å². The number of carbonyl (C=O) groups excluding carboxylic acids is 1. The van der Waals surface area contributed by atoms with E-state index in [2.05, 4.69) is 5.16 Å². The lowest BCUT2D eigenvalue weighted by Crippen LogP contribution is -2.34. The van der Waals surface area contributed by atoms with E-state index in [-0.39, 0.29) is 5.71 Å². The maximum atomic E-state index is 10.8. The molecule has 64 valence electrons. The Hall–Kier alpha value is -1.46. The zero-order valence-electron chi connectivity index (χ0n) is 6.01. The molecule has 0 radical (unpaired) electrons. The Balaban J connectivity index is 3.06. The second kappa shape index (κ2) is 2.88. The van der Waals surface area contributed by atoms with Crippen LogP contribution in [0.25, 0.3) is 0 Å². The van der Waals surface area contributed by atoms with E-state index in [0.717, 1.165) is 18.2 Å². The first-order chi connectivity index (χ1) is 5.56. The average molecular weight is 169 g/mol. The molecular formula is C7H7NO4. The summed E-state index contributed by atoms with van der Waals surface area (Å²) in [7, 11) is 0. The molecule has 0 aromatic carbocycles. The fourth-order valence-electron chi connectivity index (χ4n) is 0.690. The van der Waals surface area contributed by atoms with Gasteiger partial charge in [0.2, 0.25) is 11.6 Å². The Kier molecular flexibility index (Phi) is 2.07. The Morgan fingerprint density at radius 2 is 1.92 bits per heavy atom. The van der Waals surface area contributed by atoms with E-state index in [1.807, 2.05) is 0 Å². The van der Waals surface area contributed by atoms with Gasteiger partial charge < -0.3 is 15.4 Å². The van der Waals surface area contributed by atoms with Crippen molar-refractivity contribution in [2.24, 2.45) is 5.16 Å². The van der Waals surface area contributed by atoms with E-state index < -0.39 is 11.6 Å². The van der Waals surface area contributed by atoms with Crippen LogP contribution in [0, 0.1) is 0 Å². The second-order valence-electron chi connectivity index (χ2n) is 2.28. The van der Waals surface area contributed by atoms with Crippen LogP contribution in [0.3, 0.4) is 0 Å². The molecule has 0 saturated heterocycles. The van der Waals surface area contributed by atoms with Crippen molar-refractivity contribution < 1.29 is 20.2 Å². The van der Waals surface area contributed by atoms with Crippen LogP contribution in [0.15, 0.2) is 29.5 Å². The molecule has 5 heteroatoms. The molecule has 0 aromatic rings. The molecule has 0 heterocycles. The molecule has 3 N–H and O–H groups in total. The van der Waals surface area contributed by atoms with Crippen LogP contribution in [-0.2, 0) is 4.79 Å². The zero-order chi connectivity index (χ0) is 9.19. The highest BCUT2D eigenvalue weighted by Gasteiger charge is 2.28. The highest BCUT2D eigenvalue weighted by atomic mass is 16.5. The van der Waals surface area contributed by atoms with E-state index in [9.17, 15) is 4.79 Å². The van der Waals surface area contributed by atoms with Gasteiger partial charge in [0.05, 0.1) is 0 Å². The number of carbonyl (C=O) groups is 1. The number of ketones is 1. The molecule has 0 bridgehead atoms. The SMILES string of the molecule is O=C1C=C/C(=N/O)C=CC1(O)O. The van der Waals surface area contributed by atoms with Crippen molar-refractivity contribution in [3.63, 3.8) is 0 Å². The quantitative estimate of drug-likeness (QED) is 0.251. The van der Waals surface area contributed by atoms with Gasteiger partial charge in [0.1, 0.15) is 5.71 Å². The molecule has 1 aliphatic carbocycles. The topological polar surface area (TPSA) is 90.1 Å². The van der Waals surface area contributed by atoms with Crippen LogP contribution in [0.5, 0.6) is 0 Å². The molecule has 0 amide bonds. The fraction of sp³-hybridized carbons (Fsp3) is 0.143. The summed E-state index contributed by atoms with van der Waals surface area (Å²) >= 11 is 0. The number of hydrogen-bond donors (Lipinski definition) is 3. The average Bonchev–Trinajstić information content (AvgIpc) is 2.14. The molecule has 1 aliphatic rings. The third kappa shape index (κ3) is 1.58. The van der Waals surface area contributed by atoms with Gasteiger partial charge in [-0.05, 0) is 24.3 Å². The highest BCUT2D eigenvalue weighted by molar-refractivity contribution is 6.11. The van der Waals surface area contributed by atoms with Gasteiger partial charge in [-0.25, -0.2) is 0 Å². The van der Waals surface area contributed by atoms with Gasteiger partial charge in [-0.15, -0.1) is 0 Å². The number of allylic oxidation sites excluding steroid dienone is 2. The Morgan fingerprint density at radius 3 is 2.50 bits per heavy atom. The van der Waals surface area contributed by atoms with Gasteiger partial charge >= 0.3 is 0 Å². The van der Waals surface area contributed by atoms with Crippen molar-refractivity contribution >= 4 is 11.5 Å². The second-order valence-corrected chi connectivity index (χ2v) is 2.28. The maximum absolute atomic E-state index is 10.8. The minimum atomic E-state index is -2.50. The lowest BCUT2D eigenvalue weighted by atomic mass is 10.2. The van der Waals surface area contributed by atoms with Crippen molar-refractivity contribution in [1.29, 1.82) is 0 Å². The number of oxime groups is 1. The molecule has 0 aliphatic heterocycles. The summed E-state index contributed by atoms with van der Waals surface area (Å²) in [6.07, 6.45) is 4.06. The summed E-state index contributed by atoms with van der Waals surface area (Å²) in [5, 5.41) is 29.0. The maximum Gasteiger partial charge on any atom is 0.248 e. The van der Waals surface area contributed by atoms with Gasteiger partial charge in [0, 0.05) is 0 Å². The van der Waals surface area contributed by atoms with Crippen molar-refractivity contribution in [3.05, 3.63) is 24.3 Å². The Morgan fingerprint density at radius 1 is 1.25 bits per heavy atom. The fourth-order valence-corrected chi connectivity index (χ4v) is 0.690. The smallest absolute Gasteiger partial charge is 0.248 e. The summed E-state index contributed by atoms with van der Waals surface area (Å²) in [5.74, 6) is -3.37. The van der Waals surface area contributed by atoms with E-state index >= 15 is 0 Å². The van der Waals surface area contributed by atoms with Crippen molar-refractivity contribution in [1.82, 2.24) is 0 Å². The van der Waals surface area contributed by atoms with Crippen LogP contribution in [0.1, 0.15) is 0 Å². The zero-order valence-corrected chi connectivity index (χ0v) is 6.01. The van der Waals surface area contributed by atoms with E-state index in [1.165, 1.54) is 6.08 Å². The largest absolute Gasteiger partial charge is 0.410 e. The summed E-state index contributed by atoms with van der Waals surface area (Å²) in [5.41, 5.74) is 0.0772. The molecule has 12 heavy (non-hydrogen) atoms. The van der Waals surface area contributed by atoms with Crippen molar-refractivity contribution in [3.8, 4) is 0 Å². The number of hydrogen-bond acceptors (Lipinski definition) is 5. The predicted molar refractivity (Wildman–Crippen MR) is 39.7 cm³/mol. The molecule has 1 rings (SSSR count). The number of rotatable bonds is 0. The van der Waals surface area contributed by atoms with Gasteiger partial charge in [0.15, 0.2) is 0 Å². The predicted octanol–water partition coefficient (Wildman–Crippen LogP) is -0.807. The van der Waals surface area contributed by atoms with Gasteiger partial charge in [0.25, 0.3) is 0 Å². The molecule has 0 fully saturated rings. The van der Waals surface area contributed by atoms with E-state index in [0.29, 0.717) is 0 Å². The summed E-state index contributed by atoms with van der Waals surface area (Å²) in [6, 6.07) is 0. The first-order valence-electron chi connectivity index (χ1n) is 3.15. The summed E-state index contributed by atoms with van der Waals surface area (Å²) in [4.78, 5) is 10.8. The van der Waals surface area contributed by atoms with Gasteiger partial charge in [-0.1, -0.05) is 5.16 Å². The third-order valence-electron chi connectivity index (χ3n) is 1.37. The summed E-state index contributed by atoms with van der Waals surface area (Å²) in [6.45, 7) is 0. The molecule has 0 atom stereocenters. The Bertz CT molecular complexity index is 288. The molecule has 0 unspecified atom stereocenters. The molecular weight excluding hydrogens is 162 g/mol. The van der Waals surface area contributed by atoms with Crippen molar-refractivity contribution in [2.45, 2.75) is 5.79 Å². The molecule has 0 saturated carbocycles.